The second kappa shape index (κ2) is 9.09. The highest BCUT2D eigenvalue weighted by Crippen LogP contribution is 2.32. The van der Waals surface area contributed by atoms with E-state index >= 15 is 4.39 Å². The Labute approximate surface area is 183 Å². The van der Waals surface area contributed by atoms with Gasteiger partial charge in [-0.15, -0.1) is 0 Å². The number of nitrogens with zero attached hydrogens (tertiary/aromatic N) is 1. The summed E-state index contributed by atoms with van der Waals surface area (Å²) < 4.78 is 21.5. The molecule has 0 aromatic heterocycles. The van der Waals surface area contributed by atoms with E-state index in [2.05, 4.69) is 31.1 Å². The first-order valence-electron chi connectivity index (χ1n) is 11.4. The molecule has 0 radical (unpaired) electrons. The van der Waals surface area contributed by atoms with E-state index in [-0.39, 0.29) is 36.3 Å². The first-order valence-corrected chi connectivity index (χ1v) is 11.4. The van der Waals surface area contributed by atoms with Crippen LogP contribution in [0.15, 0.2) is 24.4 Å². The number of fused-ring (bicyclic) bond motifs is 1. The van der Waals surface area contributed by atoms with Crippen LogP contribution < -0.4 is 10.6 Å². The Kier molecular flexibility index (Phi) is 6.44. The number of piperidine rings is 1. The van der Waals surface area contributed by atoms with Gasteiger partial charge >= 0.3 is 0 Å². The number of nitrogens with one attached hydrogen (secondary N) is 2. The third-order valence-electron chi connectivity index (χ3n) is 6.81. The van der Waals surface area contributed by atoms with Crippen LogP contribution in [-0.4, -0.2) is 47.6 Å². The number of hydrogen-bond donors (Lipinski definition) is 2. The third kappa shape index (κ3) is 4.39. The number of carbonyl (C=O) groups excluding carboxylic acids is 2. The van der Waals surface area contributed by atoms with E-state index in [1.807, 2.05) is 0 Å². The summed E-state index contributed by atoms with van der Waals surface area (Å²) >= 11 is 0. The maximum atomic E-state index is 15.5. The number of ether oxygens (including phenoxy) is 1. The van der Waals surface area contributed by atoms with Crippen molar-refractivity contribution >= 4 is 11.8 Å². The lowest BCUT2D eigenvalue weighted by Crippen LogP contribution is -2.49. The number of halogens is 1. The minimum absolute atomic E-state index is 0.0985. The van der Waals surface area contributed by atoms with E-state index in [1.165, 1.54) is 4.90 Å². The van der Waals surface area contributed by atoms with Crippen molar-refractivity contribution < 1.29 is 18.7 Å². The Bertz CT molecular complexity index is 887. The van der Waals surface area contributed by atoms with Gasteiger partial charge in [0.25, 0.3) is 5.91 Å². The van der Waals surface area contributed by atoms with Crippen molar-refractivity contribution in [2.24, 2.45) is 0 Å². The molecule has 6 nitrogen and oxygen atoms in total. The summed E-state index contributed by atoms with van der Waals surface area (Å²) in [6.07, 6.45) is 4.53. The number of benzene rings is 1. The fraction of sp³-hybridized carbons (Fsp3) is 0.583. The van der Waals surface area contributed by atoms with Gasteiger partial charge in [0.05, 0.1) is 12.6 Å². The molecule has 3 aliphatic rings. The maximum Gasteiger partial charge on any atom is 0.255 e. The topological polar surface area (TPSA) is 70.7 Å². The molecule has 2 amide bonds. The van der Waals surface area contributed by atoms with Crippen molar-refractivity contribution in [1.82, 2.24) is 15.5 Å². The Hall–Kier alpha value is -2.25. The van der Waals surface area contributed by atoms with Crippen LogP contribution in [0.4, 0.5) is 4.39 Å². The molecule has 0 aliphatic carbocycles. The summed E-state index contributed by atoms with van der Waals surface area (Å²) in [6, 6.07) is 3.39. The van der Waals surface area contributed by atoms with E-state index in [0.29, 0.717) is 54.3 Å². The van der Waals surface area contributed by atoms with Crippen molar-refractivity contribution in [3.05, 3.63) is 46.9 Å². The number of allylic oxidation sites excluding steroid dienone is 1. The van der Waals surface area contributed by atoms with Gasteiger partial charge in [0.2, 0.25) is 5.91 Å². The summed E-state index contributed by atoms with van der Waals surface area (Å²) in [7, 11) is 0. The monoisotopic (exact) mass is 429 g/mol. The fourth-order valence-corrected chi connectivity index (χ4v) is 4.82. The molecule has 4 rings (SSSR count). The standard InChI is InChI=1S/C24H32FN3O3/c1-4-14(2)26-19-6-5-11-31-21(19)12-16-8-9-17-18(22(16)25)13-28(24(17)30)20-10-7-15(3)27-23(20)29/h8-9,14,19-21,26H,3-7,10-13H2,1-2H3,(H,27,29)/t14?,19-,20?,21+/m0/s1. The summed E-state index contributed by atoms with van der Waals surface area (Å²) in [5.74, 6) is -0.864. The van der Waals surface area contributed by atoms with Crippen molar-refractivity contribution in [2.75, 3.05) is 6.61 Å². The molecule has 2 fully saturated rings. The van der Waals surface area contributed by atoms with Gasteiger partial charge in [0, 0.05) is 41.9 Å². The summed E-state index contributed by atoms with van der Waals surface area (Å²) in [4.78, 5) is 26.8. The summed E-state index contributed by atoms with van der Waals surface area (Å²) in [6.45, 7) is 8.88. The highest BCUT2D eigenvalue weighted by atomic mass is 19.1. The lowest BCUT2D eigenvalue weighted by Gasteiger charge is -2.34. The number of hydrogen-bond acceptors (Lipinski definition) is 4. The molecule has 4 atom stereocenters. The highest BCUT2D eigenvalue weighted by molar-refractivity contribution is 6.01. The van der Waals surface area contributed by atoms with Gasteiger partial charge in [-0.05, 0) is 50.7 Å². The predicted molar refractivity (Wildman–Crippen MR) is 116 cm³/mol. The molecule has 7 heteroatoms. The Morgan fingerprint density at radius 3 is 2.90 bits per heavy atom. The van der Waals surface area contributed by atoms with Crippen molar-refractivity contribution in [3.63, 3.8) is 0 Å². The van der Waals surface area contributed by atoms with E-state index in [0.717, 1.165) is 19.3 Å². The largest absolute Gasteiger partial charge is 0.376 e. The Balaban J connectivity index is 1.51. The molecule has 3 heterocycles. The van der Waals surface area contributed by atoms with Crippen molar-refractivity contribution in [2.45, 2.75) is 83.1 Å². The fourth-order valence-electron chi connectivity index (χ4n) is 4.82. The molecule has 31 heavy (non-hydrogen) atoms. The normalized spacial score (nSPS) is 27.3. The zero-order chi connectivity index (χ0) is 22.1. The van der Waals surface area contributed by atoms with Gasteiger partial charge < -0.3 is 20.3 Å². The summed E-state index contributed by atoms with van der Waals surface area (Å²) in [5, 5.41) is 6.33. The molecule has 0 spiro atoms. The van der Waals surface area contributed by atoms with Crippen LogP contribution in [0.5, 0.6) is 0 Å². The molecule has 1 aromatic rings. The minimum atomic E-state index is -0.584. The van der Waals surface area contributed by atoms with Crippen molar-refractivity contribution in [3.8, 4) is 0 Å². The molecular weight excluding hydrogens is 397 g/mol. The zero-order valence-corrected chi connectivity index (χ0v) is 18.4. The Morgan fingerprint density at radius 1 is 1.35 bits per heavy atom. The summed E-state index contributed by atoms with van der Waals surface area (Å²) in [5.41, 5.74) is 1.98. The van der Waals surface area contributed by atoms with Crippen LogP contribution >= 0.6 is 0 Å². The minimum Gasteiger partial charge on any atom is -0.376 e. The lowest BCUT2D eigenvalue weighted by atomic mass is 9.93. The average Bonchev–Trinajstić information content (AvgIpc) is 3.08. The number of amides is 2. The lowest BCUT2D eigenvalue weighted by molar-refractivity contribution is -0.126. The second-order valence-electron chi connectivity index (χ2n) is 8.98. The molecular formula is C24H32FN3O3. The van der Waals surface area contributed by atoms with Gasteiger partial charge in [-0.1, -0.05) is 19.6 Å². The van der Waals surface area contributed by atoms with Gasteiger partial charge in [0.1, 0.15) is 11.9 Å². The smallest absolute Gasteiger partial charge is 0.255 e. The first-order chi connectivity index (χ1) is 14.9. The molecule has 2 N–H and O–H groups in total. The van der Waals surface area contributed by atoms with E-state index < -0.39 is 6.04 Å². The van der Waals surface area contributed by atoms with Crippen LogP contribution in [0, 0.1) is 5.82 Å². The predicted octanol–water partition coefficient (Wildman–Crippen LogP) is 3.05. The van der Waals surface area contributed by atoms with Crippen LogP contribution in [0.2, 0.25) is 0 Å². The molecule has 3 aliphatic heterocycles. The molecule has 168 valence electrons. The Morgan fingerprint density at radius 2 is 2.16 bits per heavy atom. The van der Waals surface area contributed by atoms with Gasteiger partial charge in [-0.3, -0.25) is 9.59 Å². The first kappa shape index (κ1) is 22.0. The van der Waals surface area contributed by atoms with E-state index in [9.17, 15) is 9.59 Å². The molecule has 1 aromatic carbocycles. The zero-order valence-electron chi connectivity index (χ0n) is 18.4. The van der Waals surface area contributed by atoms with Gasteiger partial charge in [-0.25, -0.2) is 4.39 Å². The number of carbonyl (C=O) groups is 2. The van der Waals surface area contributed by atoms with E-state index in [1.54, 1.807) is 12.1 Å². The SMILES string of the molecule is C=C1CCC(N2Cc3c(ccc(C[C@H]4OCCC[C@@H]4NC(C)CC)c3F)C2=O)C(=O)N1. The highest BCUT2D eigenvalue weighted by Gasteiger charge is 2.40. The van der Waals surface area contributed by atoms with Gasteiger partial charge in [-0.2, -0.15) is 0 Å². The molecule has 0 bridgehead atoms. The van der Waals surface area contributed by atoms with Crippen molar-refractivity contribution in [1.29, 1.82) is 0 Å². The third-order valence-corrected chi connectivity index (χ3v) is 6.81. The maximum absolute atomic E-state index is 15.5. The van der Waals surface area contributed by atoms with Crippen LogP contribution in [0.25, 0.3) is 0 Å². The van der Waals surface area contributed by atoms with Crippen LogP contribution in [0.1, 0.15) is 67.4 Å². The van der Waals surface area contributed by atoms with Crippen LogP contribution in [-0.2, 0) is 22.5 Å². The molecule has 2 unspecified atom stereocenters. The quantitative estimate of drug-likeness (QED) is 0.729. The molecule has 0 saturated carbocycles. The average molecular weight is 430 g/mol. The van der Waals surface area contributed by atoms with E-state index in [4.69, 9.17) is 4.74 Å². The van der Waals surface area contributed by atoms with Crippen LogP contribution in [0.3, 0.4) is 0 Å². The second-order valence-corrected chi connectivity index (χ2v) is 8.98. The van der Waals surface area contributed by atoms with Gasteiger partial charge in [0.15, 0.2) is 0 Å². The number of rotatable bonds is 6. The molecule has 2 saturated heterocycles.